The largest absolute Gasteiger partial charge is 0.460 e. The number of carbonyl (C=O) groups excluding carboxylic acids is 6. The zero-order chi connectivity index (χ0) is 31.9. The van der Waals surface area contributed by atoms with Crippen LogP contribution in [-0.2, 0) is 40.1 Å². The second-order valence-electron chi connectivity index (χ2n) is 12.8. The van der Waals surface area contributed by atoms with Crippen molar-refractivity contribution in [1.29, 1.82) is 0 Å². The molecule has 11 nitrogen and oxygen atoms in total. The van der Waals surface area contributed by atoms with Gasteiger partial charge in [-0.2, -0.15) is 0 Å². The lowest BCUT2D eigenvalue weighted by atomic mass is 9.81. The van der Waals surface area contributed by atoms with E-state index in [1.165, 1.54) is 17.1 Å². The second-order valence-corrected chi connectivity index (χ2v) is 12.8. The summed E-state index contributed by atoms with van der Waals surface area (Å²) >= 11 is 0. The number of ether oxygens (including phenoxy) is 1. The van der Waals surface area contributed by atoms with Gasteiger partial charge in [0, 0.05) is 30.3 Å². The highest BCUT2D eigenvalue weighted by Gasteiger charge is 2.34. The van der Waals surface area contributed by atoms with Gasteiger partial charge >= 0.3 is 5.97 Å². The Kier molecular flexibility index (Phi) is 11.2. The van der Waals surface area contributed by atoms with E-state index in [1.807, 2.05) is 13.8 Å². The Bertz CT molecular complexity index is 1220. The van der Waals surface area contributed by atoms with E-state index in [2.05, 4.69) is 16.0 Å². The second kappa shape index (κ2) is 14.4. The van der Waals surface area contributed by atoms with Crippen LogP contribution in [0, 0.1) is 23.2 Å². The molecule has 0 unspecified atom stereocenters. The normalized spacial score (nSPS) is 20.0. The highest BCUT2D eigenvalue weighted by molar-refractivity contribution is 6.12. The van der Waals surface area contributed by atoms with E-state index in [1.54, 1.807) is 52.0 Å². The number of hydrogen-bond acceptors (Lipinski definition) is 7. The third kappa shape index (κ3) is 9.49. The Morgan fingerprint density at radius 2 is 1.47 bits per heavy atom. The number of amides is 5. The van der Waals surface area contributed by atoms with E-state index in [0.717, 1.165) is 5.56 Å². The smallest absolute Gasteiger partial charge is 0.311 e. The maximum Gasteiger partial charge on any atom is 0.311 e. The molecule has 1 aromatic rings. The number of hydrogen-bond donors (Lipinski definition) is 3. The Balaban J connectivity index is 1.45. The maximum atomic E-state index is 13.1. The number of esters is 1. The third-order valence-electron chi connectivity index (χ3n) is 7.76. The fourth-order valence-corrected chi connectivity index (χ4v) is 4.95. The summed E-state index contributed by atoms with van der Waals surface area (Å²) in [5.41, 5.74) is 0.704. The molecule has 1 saturated carbocycles. The number of anilines is 1. The zero-order valence-corrected chi connectivity index (χ0v) is 25.9. The molecular weight excluding hydrogens is 552 g/mol. The minimum absolute atomic E-state index is 0.124. The van der Waals surface area contributed by atoms with E-state index >= 15 is 0 Å². The van der Waals surface area contributed by atoms with E-state index in [4.69, 9.17) is 4.74 Å². The third-order valence-corrected chi connectivity index (χ3v) is 7.76. The van der Waals surface area contributed by atoms with Crippen LogP contribution >= 0.6 is 0 Å². The van der Waals surface area contributed by atoms with Crippen LogP contribution in [0.5, 0.6) is 0 Å². The quantitative estimate of drug-likeness (QED) is 0.262. The molecule has 5 amide bonds. The first-order valence-electron chi connectivity index (χ1n) is 14.9. The number of nitrogens with zero attached hydrogens (tertiary/aromatic N) is 1. The Morgan fingerprint density at radius 3 is 2.00 bits per heavy atom. The van der Waals surface area contributed by atoms with Crippen molar-refractivity contribution in [2.24, 2.45) is 23.2 Å². The van der Waals surface area contributed by atoms with Crippen molar-refractivity contribution in [2.75, 3.05) is 11.9 Å². The predicted molar refractivity (Wildman–Crippen MR) is 160 cm³/mol. The van der Waals surface area contributed by atoms with Gasteiger partial charge in [0.25, 0.3) is 11.8 Å². The van der Waals surface area contributed by atoms with Crippen LogP contribution in [0.25, 0.3) is 0 Å². The topological polar surface area (TPSA) is 151 Å². The van der Waals surface area contributed by atoms with Gasteiger partial charge in [-0.15, -0.1) is 0 Å². The van der Waals surface area contributed by atoms with Gasteiger partial charge in [-0.05, 0) is 82.9 Å². The summed E-state index contributed by atoms with van der Waals surface area (Å²) in [6.45, 7) is 11.0. The Morgan fingerprint density at radius 1 is 0.884 bits per heavy atom. The molecule has 1 fully saturated rings. The zero-order valence-electron chi connectivity index (χ0n) is 25.9. The summed E-state index contributed by atoms with van der Waals surface area (Å²) in [5, 5.41) is 8.34. The van der Waals surface area contributed by atoms with Gasteiger partial charge in [-0.3, -0.25) is 33.7 Å². The van der Waals surface area contributed by atoms with Crippen molar-refractivity contribution in [3.63, 3.8) is 0 Å². The van der Waals surface area contributed by atoms with Crippen LogP contribution in [0.1, 0.15) is 72.8 Å². The molecule has 3 N–H and O–H groups in total. The van der Waals surface area contributed by atoms with Crippen LogP contribution in [0.15, 0.2) is 36.4 Å². The number of imide groups is 1. The maximum absolute atomic E-state index is 13.1. The minimum atomic E-state index is -0.862. The SMILES string of the molecule is CC(C)[C@H](NC(=O)C1CCC(CN2C(=O)C=CC2=O)CC1)C(=O)N[C@@H](C)C(=O)Nc1ccc(COC(=O)C(C)(C)C)cc1. The van der Waals surface area contributed by atoms with Gasteiger partial charge in [0.15, 0.2) is 0 Å². The molecule has 3 rings (SSSR count). The van der Waals surface area contributed by atoms with E-state index in [0.29, 0.717) is 37.9 Å². The molecule has 1 heterocycles. The van der Waals surface area contributed by atoms with E-state index in [-0.39, 0.29) is 48.1 Å². The summed E-state index contributed by atoms with van der Waals surface area (Å²) in [5.74, 6) is -2.33. The molecule has 0 aromatic heterocycles. The van der Waals surface area contributed by atoms with Crippen molar-refractivity contribution in [3.8, 4) is 0 Å². The molecule has 1 aromatic carbocycles. The highest BCUT2D eigenvalue weighted by Crippen LogP contribution is 2.30. The summed E-state index contributed by atoms with van der Waals surface area (Å²) in [7, 11) is 0. The van der Waals surface area contributed by atoms with Gasteiger partial charge in [-0.25, -0.2) is 0 Å². The summed E-state index contributed by atoms with van der Waals surface area (Å²) in [4.78, 5) is 75.8. The lowest BCUT2D eigenvalue weighted by Crippen LogP contribution is -2.54. The van der Waals surface area contributed by atoms with Crippen molar-refractivity contribution in [3.05, 3.63) is 42.0 Å². The van der Waals surface area contributed by atoms with Crippen LogP contribution in [0.2, 0.25) is 0 Å². The van der Waals surface area contributed by atoms with Gasteiger partial charge in [0.05, 0.1) is 5.41 Å². The van der Waals surface area contributed by atoms with Gasteiger partial charge < -0.3 is 20.7 Å². The fraction of sp³-hybridized carbons (Fsp3) is 0.562. The summed E-state index contributed by atoms with van der Waals surface area (Å²) in [6, 6.07) is 5.19. The van der Waals surface area contributed by atoms with Crippen LogP contribution in [0.3, 0.4) is 0 Å². The van der Waals surface area contributed by atoms with Gasteiger partial charge in [0.2, 0.25) is 17.7 Å². The number of carbonyl (C=O) groups is 6. The van der Waals surface area contributed by atoms with Gasteiger partial charge in [-0.1, -0.05) is 26.0 Å². The van der Waals surface area contributed by atoms with E-state index < -0.39 is 29.3 Å². The van der Waals surface area contributed by atoms with Crippen LogP contribution < -0.4 is 16.0 Å². The highest BCUT2D eigenvalue weighted by atomic mass is 16.5. The van der Waals surface area contributed by atoms with Crippen molar-refractivity contribution in [1.82, 2.24) is 15.5 Å². The average molecular weight is 597 g/mol. The molecule has 43 heavy (non-hydrogen) atoms. The molecule has 2 aliphatic rings. The average Bonchev–Trinajstić information content (AvgIpc) is 3.26. The van der Waals surface area contributed by atoms with Crippen LogP contribution in [0.4, 0.5) is 5.69 Å². The Labute approximate surface area is 253 Å². The summed E-state index contributed by atoms with van der Waals surface area (Å²) in [6.07, 6.45) is 5.15. The first-order chi connectivity index (χ1) is 20.1. The lowest BCUT2D eigenvalue weighted by molar-refractivity contribution is -0.154. The molecule has 0 spiro atoms. The molecule has 234 valence electrons. The number of nitrogens with one attached hydrogen (secondary N) is 3. The molecule has 11 heteroatoms. The molecular formula is C32H44N4O7. The molecule has 1 aliphatic heterocycles. The fourth-order valence-electron chi connectivity index (χ4n) is 4.95. The molecule has 0 saturated heterocycles. The standard InChI is InChI=1S/C32H44N4O7/c1-19(2)27(35-29(40)23-11-7-21(8-12-23)17-36-25(37)15-16-26(36)38)30(41)33-20(3)28(39)34-24-13-9-22(10-14-24)18-43-31(42)32(4,5)6/h9-10,13-16,19-21,23,27H,7-8,11-12,17-18H2,1-6H3,(H,33,41)(H,34,39)(H,35,40)/t20-,21?,23?,27-/m0/s1. The van der Waals surface area contributed by atoms with Crippen molar-refractivity contribution >= 4 is 41.2 Å². The van der Waals surface area contributed by atoms with Crippen molar-refractivity contribution in [2.45, 2.75) is 85.9 Å². The molecule has 1 aliphatic carbocycles. The first kappa shape index (κ1) is 33.5. The number of benzene rings is 1. The Hall–Kier alpha value is -4.02. The molecule has 0 bridgehead atoms. The van der Waals surface area contributed by atoms with Gasteiger partial charge in [0.1, 0.15) is 18.7 Å². The number of rotatable bonds is 11. The minimum Gasteiger partial charge on any atom is -0.460 e. The van der Waals surface area contributed by atoms with Crippen molar-refractivity contribution < 1.29 is 33.5 Å². The predicted octanol–water partition coefficient (Wildman–Crippen LogP) is 3.09. The monoisotopic (exact) mass is 596 g/mol. The summed E-state index contributed by atoms with van der Waals surface area (Å²) < 4.78 is 5.31. The lowest BCUT2D eigenvalue weighted by Gasteiger charge is -2.31. The first-order valence-corrected chi connectivity index (χ1v) is 14.9. The molecule has 2 atom stereocenters. The van der Waals surface area contributed by atoms with E-state index in [9.17, 15) is 28.8 Å². The van der Waals surface area contributed by atoms with Crippen LogP contribution in [-0.4, -0.2) is 59.0 Å². The molecule has 0 radical (unpaired) electrons.